The number of nitrogens with zero attached hydrogens (tertiary/aromatic N) is 2. The van der Waals surface area contributed by atoms with Gasteiger partial charge < -0.3 is 19.8 Å². The zero-order valence-corrected chi connectivity index (χ0v) is 17.6. The minimum Gasteiger partial charge on any atom is -0.440 e. The van der Waals surface area contributed by atoms with Crippen LogP contribution in [0.15, 0.2) is 75.3 Å². The van der Waals surface area contributed by atoms with Crippen molar-refractivity contribution in [3.8, 4) is 11.8 Å². The van der Waals surface area contributed by atoms with Gasteiger partial charge in [-0.3, -0.25) is 4.79 Å². The molecule has 2 N–H and O–H groups in total. The van der Waals surface area contributed by atoms with E-state index in [2.05, 4.69) is 0 Å². The minimum absolute atomic E-state index is 0.0621. The number of anilines is 1. The summed E-state index contributed by atoms with van der Waals surface area (Å²) in [4.78, 5) is 28.8. The number of aryl methyl sites for hydroxylation is 1. The van der Waals surface area contributed by atoms with Gasteiger partial charge in [-0.2, -0.15) is 5.26 Å². The van der Waals surface area contributed by atoms with E-state index in [4.69, 9.17) is 26.5 Å². The lowest BCUT2D eigenvalue weighted by molar-refractivity contribution is -0.121. The maximum Gasteiger partial charge on any atom is 0.344 e. The van der Waals surface area contributed by atoms with Crippen molar-refractivity contribution in [2.45, 2.75) is 18.9 Å². The van der Waals surface area contributed by atoms with Crippen LogP contribution < -0.4 is 21.0 Å². The molecule has 2 aromatic carbocycles. The molecule has 2 aliphatic heterocycles. The maximum absolute atomic E-state index is 14.2. The monoisotopic (exact) mass is 445 g/mol. The molecule has 3 heterocycles. The van der Waals surface area contributed by atoms with E-state index >= 15 is 0 Å². The highest BCUT2D eigenvalue weighted by atomic mass is 35.5. The number of ether oxygens (including phenoxy) is 1. The summed E-state index contributed by atoms with van der Waals surface area (Å²) in [6, 6.07) is 17.7. The molecule has 0 saturated carbocycles. The number of nitriles is 1. The minimum atomic E-state index is -1.78. The molecule has 1 aromatic heterocycles. The number of benzene rings is 2. The average molecular weight is 446 g/mol. The van der Waals surface area contributed by atoms with Crippen LogP contribution >= 0.6 is 11.6 Å². The summed E-state index contributed by atoms with van der Waals surface area (Å²) in [5, 5.41) is 10.5. The van der Waals surface area contributed by atoms with Gasteiger partial charge in [0, 0.05) is 22.3 Å². The molecular weight excluding hydrogens is 430 g/mol. The molecule has 0 bridgehead atoms. The number of hydrogen-bond donors (Lipinski definition) is 1. The molecule has 1 spiro atoms. The molecular formula is C24H16ClN3O4. The molecule has 0 fully saturated rings. The van der Waals surface area contributed by atoms with Crippen molar-refractivity contribution in [2.24, 2.45) is 5.73 Å². The molecule has 1 amide bonds. The SMILES string of the molecule is Cc1cc2c(c(=O)o1)[C@@]1(C(=O)N(Cc3ccccc3Cl)c3ccccc31)C(C#N)=C(N)O2. The first-order valence-corrected chi connectivity index (χ1v) is 10.2. The van der Waals surface area contributed by atoms with Crippen LogP contribution in [0, 0.1) is 18.3 Å². The third-order valence-electron chi connectivity index (χ3n) is 5.82. The number of para-hydroxylation sites is 1. The molecule has 0 unspecified atom stereocenters. The Morgan fingerprint density at radius 3 is 2.62 bits per heavy atom. The fraction of sp³-hybridized carbons (Fsp3) is 0.125. The quantitative estimate of drug-likeness (QED) is 0.646. The number of nitrogens with two attached hydrogens (primary N) is 1. The largest absolute Gasteiger partial charge is 0.440 e. The Hall–Kier alpha value is -4.02. The number of amides is 1. The molecule has 0 aliphatic carbocycles. The lowest BCUT2D eigenvalue weighted by Crippen LogP contribution is -2.48. The fourth-order valence-electron chi connectivity index (χ4n) is 4.51. The van der Waals surface area contributed by atoms with Crippen LogP contribution in [0.2, 0.25) is 5.02 Å². The van der Waals surface area contributed by atoms with Crippen molar-refractivity contribution in [1.29, 1.82) is 5.26 Å². The Balaban J connectivity index is 1.84. The molecule has 7 nitrogen and oxygen atoms in total. The van der Waals surface area contributed by atoms with Gasteiger partial charge in [-0.1, -0.05) is 48.0 Å². The molecule has 32 heavy (non-hydrogen) atoms. The van der Waals surface area contributed by atoms with Crippen LogP contribution in [0.1, 0.15) is 22.5 Å². The van der Waals surface area contributed by atoms with Crippen molar-refractivity contribution >= 4 is 23.2 Å². The number of fused-ring (bicyclic) bond motifs is 4. The van der Waals surface area contributed by atoms with E-state index < -0.39 is 16.9 Å². The Kier molecular flexibility index (Phi) is 4.36. The third-order valence-corrected chi connectivity index (χ3v) is 6.19. The summed E-state index contributed by atoms with van der Waals surface area (Å²) < 4.78 is 10.9. The summed E-state index contributed by atoms with van der Waals surface area (Å²) in [6.07, 6.45) is 0. The van der Waals surface area contributed by atoms with Crippen LogP contribution in [0.3, 0.4) is 0 Å². The highest BCUT2D eigenvalue weighted by Crippen LogP contribution is 2.54. The Labute approximate surface area is 187 Å². The van der Waals surface area contributed by atoms with Gasteiger partial charge in [0.2, 0.25) is 11.8 Å². The van der Waals surface area contributed by atoms with E-state index in [1.807, 2.05) is 18.2 Å². The van der Waals surface area contributed by atoms with Gasteiger partial charge in [0.1, 0.15) is 28.7 Å². The van der Waals surface area contributed by atoms with Gasteiger partial charge in [0.15, 0.2) is 5.41 Å². The molecule has 2 aliphatic rings. The highest BCUT2D eigenvalue weighted by molar-refractivity contribution is 6.31. The van der Waals surface area contributed by atoms with E-state index in [9.17, 15) is 14.9 Å². The van der Waals surface area contributed by atoms with Crippen LogP contribution in [-0.4, -0.2) is 5.91 Å². The molecule has 1 atom stereocenters. The summed E-state index contributed by atoms with van der Waals surface area (Å²) in [7, 11) is 0. The van der Waals surface area contributed by atoms with Crippen LogP contribution in [-0.2, 0) is 16.8 Å². The molecule has 0 saturated heterocycles. The topological polar surface area (TPSA) is 110 Å². The highest BCUT2D eigenvalue weighted by Gasteiger charge is 2.61. The number of rotatable bonds is 2. The van der Waals surface area contributed by atoms with Crippen molar-refractivity contribution in [3.05, 3.63) is 104 Å². The molecule has 3 aromatic rings. The maximum atomic E-state index is 14.2. The second kappa shape index (κ2) is 7.01. The van der Waals surface area contributed by atoms with Gasteiger partial charge in [0.25, 0.3) is 0 Å². The Bertz CT molecular complexity index is 1440. The second-order valence-corrected chi connectivity index (χ2v) is 7.99. The lowest BCUT2D eigenvalue weighted by Gasteiger charge is -2.33. The normalized spacial score (nSPS) is 18.9. The van der Waals surface area contributed by atoms with Gasteiger partial charge in [-0.25, -0.2) is 4.79 Å². The summed E-state index contributed by atoms with van der Waals surface area (Å²) >= 11 is 6.35. The lowest BCUT2D eigenvalue weighted by atomic mass is 9.69. The first-order chi connectivity index (χ1) is 15.4. The van der Waals surface area contributed by atoms with Gasteiger partial charge >= 0.3 is 5.63 Å². The van der Waals surface area contributed by atoms with Gasteiger partial charge in [-0.15, -0.1) is 0 Å². The Morgan fingerprint density at radius 1 is 1.16 bits per heavy atom. The molecule has 8 heteroatoms. The Morgan fingerprint density at radius 2 is 1.88 bits per heavy atom. The number of halogens is 1. The van der Waals surface area contributed by atoms with Crippen molar-refractivity contribution in [1.82, 2.24) is 0 Å². The smallest absolute Gasteiger partial charge is 0.344 e. The van der Waals surface area contributed by atoms with Crippen molar-refractivity contribution in [3.63, 3.8) is 0 Å². The first-order valence-electron chi connectivity index (χ1n) is 9.78. The van der Waals surface area contributed by atoms with Crippen LogP contribution in [0.25, 0.3) is 0 Å². The molecule has 0 radical (unpaired) electrons. The van der Waals surface area contributed by atoms with E-state index in [0.717, 1.165) is 0 Å². The van der Waals surface area contributed by atoms with Crippen molar-refractivity contribution in [2.75, 3.05) is 4.90 Å². The average Bonchev–Trinajstić information content (AvgIpc) is 2.98. The number of hydrogen-bond acceptors (Lipinski definition) is 6. The van der Waals surface area contributed by atoms with Gasteiger partial charge in [0.05, 0.1) is 6.54 Å². The molecule has 5 rings (SSSR count). The van der Waals surface area contributed by atoms with Gasteiger partial charge in [-0.05, 0) is 24.6 Å². The van der Waals surface area contributed by atoms with E-state index in [0.29, 0.717) is 27.6 Å². The summed E-state index contributed by atoms with van der Waals surface area (Å²) in [6.45, 7) is 1.73. The van der Waals surface area contributed by atoms with Crippen LogP contribution in [0.4, 0.5) is 5.69 Å². The fourth-order valence-corrected chi connectivity index (χ4v) is 4.71. The van der Waals surface area contributed by atoms with E-state index in [1.54, 1.807) is 43.3 Å². The van der Waals surface area contributed by atoms with E-state index in [-0.39, 0.29) is 29.3 Å². The number of carbonyl (C=O) groups excluding carboxylic acids is 1. The second-order valence-electron chi connectivity index (χ2n) is 7.59. The summed E-state index contributed by atoms with van der Waals surface area (Å²) in [5.41, 5.74) is 5.07. The summed E-state index contributed by atoms with van der Waals surface area (Å²) in [5.74, 6) is -0.340. The van der Waals surface area contributed by atoms with Crippen molar-refractivity contribution < 1.29 is 13.9 Å². The predicted octanol–water partition coefficient (Wildman–Crippen LogP) is 3.52. The third kappa shape index (κ3) is 2.53. The van der Waals surface area contributed by atoms with E-state index in [1.165, 1.54) is 11.0 Å². The first kappa shape index (κ1) is 19.9. The number of carbonyl (C=O) groups is 1. The standard InChI is InChI=1S/C24H16ClN3O4/c1-13-10-19-20(22(29)31-13)24(16(11-26)21(27)32-19)15-7-3-5-9-18(15)28(23(24)30)12-14-6-2-4-8-17(14)25/h2-10H,12,27H2,1H3/t24-/m0/s1. The van der Waals surface area contributed by atoms with Crippen LogP contribution in [0.5, 0.6) is 5.75 Å². The molecule has 158 valence electrons. The zero-order valence-electron chi connectivity index (χ0n) is 16.9. The predicted molar refractivity (Wildman–Crippen MR) is 117 cm³/mol. The zero-order chi connectivity index (χ0) is 22.6.